The lowest BCUT2D eigenvalue weighted by molar-refractivity contribution is -0.152. The zero-order valence-electron chi connectivity index (χ0n) is 19.1. The summed E-state index contributed by atoms with van der Waals surface area (Å²) >= 11 is 0. The summed E-state index contributed by atoms with van der Waals surface area (Å²) in [6, 6.07) is 39.3. The van der Waals surface area contributed by atoms with Crippen LogP contribution in [0, 0.1) is 0 Å². The Morgan fingerprint density at radius 3 is 1.59 bits per heavy atom. The lowest BCUT2D eigenvalue weighted by Gasteiger charge is -2.28. The standard InChI is InChI=1S/C29H26NO3P/c1-2-33-29(32)28(31)30-27-21-13-12-14-23(27)22-34(24-15-6-3-7-16-24,25-17-8-4-9-18-25)26-19-10-5-11-20-26/h3-21H,2,22H2,1H3/p+1. The molecule has 4 nitrogen and oxygen atoms in total. The van der Waals surface area contributed by atoms with Crippen LogP contribution in [-0.2, 0) is 20.5 Å². The average Bonchev–Trinajstić information content (AvgIpc) is 2.90. The number of hydrogen-bond acceptors (Lipinski definition) is 3. The molecule has 0 bridgehead atoms. The van der Waals surface area contributed by atoms with Crippen LogP contribution in [0.5, 0.6) is 0 Å². The molecule has 170 valence electrons. The fourth-order valence-corrected chi connectivity index (χ4v) is 8.45. The Morgan fingerprint density at radius 2 is 1.12 bits per heavy atom. The number of amides is 1. The van der Waals surface area contributed by atoms with Gasteiger partial charge in [-0.15, -0.1) is 0 Å². The van der Waals surface area contributed by atoms with E-state index in [9.17, 15) is 9.59 Å². The second kappa shape index (κ2) is 10.9. The second-order valence-corrected chi connectivity index (χ2v) is 11.3. The first-order valence-electron chi connectivity index (χ1n) is 11.3. The molecule has 34 heavy (non-hydrogen) atoms. The molecule has 0 aliphatic heterocycles. The molecule has 0 heterocycles. The number of carbonyl (C=O) groups excluding carboxylic acids is 2. The molecule has 1 amide bonds. The first-order chi connectivity index (χ1) is 16.6. The third kappa shape index (κ3) is 4.93. The first-order valence-corrected chi connectivity index (χ1v) is 13.2. The summed E-state index contributed by atoms with van der Waals surface area (Å²) in [4.78, 5) is 24.4. The molecule has 0 atom stereocenters. The Bertz CT molecular complexity index is 1150. The van der Waals surface area contributed by atoms with Gasteiger partial charge in [0.05, 0.1) is 6.61 Å². The van der Waals surface area contributed by atoms with Crippen LogP contribution < -0.4 is 21.2 Å². The molecule has 0 spiro atoms. The predicted molar refractivity (Wildman–Crippen MR) is 141 cm³/mol. The quantitative estimate of drug-likeness (QED) is 0.243. The molecule has 0 saturated heterocycles. The van der Waals surface area contributed by atoms with E-state index in [1.807, 2.05) is 42.5 Å². The van der Waals surface area contributed by atoms with E-state index in [4.69, 9.17) is 4.74 Å². The van der Waals surface area contributed by atoms with Crippen LogP contribution in [0.3, 0.4) is 0 Å². The van der Waals surface area contributed by atoms with Gasteiger partial charge in [0.15, 0.2) is 0 Å². The number of nitrogens with one attached hydrogen (secondary N) is 1. The second-order valence-electron chi connectivity index (χ2n) is 7.81. The van der Waals surface area contributed by atoms with Gasteiger partial charge >= 0.3 is 11.9 Å². The molecule has 5 heteroatoms. The van der Waals surface area contributed by atoms with Crippen molar-refractivity contribution in [1.29, 1.82) is 0 Å². The van der Waals surface area contributed by atoms with Crippen molar-refractivity contribution in [3.8, 4) is 0 Å². The molecular formula is C29H27NO3P+. The molecule has 4 aromatic carbocycles. The number of para-hydroxylation sites is 1. The molecule has 0 aromatic heterocycles. The molecule has 0 aliphatic rings. The summed E-state index contributed by atoms with van der Waals surface area (Å²) in [5, 5.41) is 6.52. The number of anilines is 1. The number of carbonyl (C=O) groups is 2. The van der Waals surface area contributed by atoms with Gasteiger partial charge in [-0.05, 0) is 49.4 Å². The van der Waals surface area contributed by atoms with E-state index in [2.05, 4.69) is 78.1 Å². The molecule has 4 aromatic rings. The van der Waals surface area contributed by atoms with E-state index in [1.165, 1.54) is 15.9 Å². The van der Waals surface area contributed by atoms with E-state index in [0.29, 0.717) is 11.8 Å². The van der Waals surface area contributed by atoms with Crippen LogP contribution in [-0.4, -0.2) is 18.5 Å². The van der Waals surface area contributed by atoms with Crippen LogP contribution in [0.25, 0.3) is 0 Å². The number of hydrogen-bond donors (Lipinski definition) is 1. The Balaban J connectivity index is 1.87. The lowest BCUT2D eigenvalue weighted by atomic mass is 10.2. The van der Waals surface area contributed by atoms with Crippen molar-refractivity contribution in [3.63, 3.8) is 0 Å². The Kier molecular flexibility index (Phi) is 7.51. The van der Waals surface area contributed by atoms with Gasteiger partial charge in [-0.1, -0.05) is 72.8 Å². The minimum absolute atomic E-state index is 0.151. The fourth-order valence-electron chi connectivity index (χ4n) is 4.17. The maximum absolute atomic E-state index is 12.5. The van der Waals surface area contributed by atoms with Gasteiger partial charge in [0.2, 0.25) is 0 Å². The van der Waals surface area contributed by atoms with Crippen molar-refractivity contribution in [1.82, 2.24) is 0 Å². The summed E-state index contributed by atoms with van der Waals surface area (Å²) in [5.74, 6) is -1.65. The van der Waals surface area contributed by atoms with E-state index in [0.717, 1.165) is 5.56 Å². The van der Waals surface area contributed by atoms with Gasteiger partial charge in [0.1, 0.15) is 29.3 Å². The number of rotatable bonds is 7. The molecule has 0 saturated carbocycles. The van der Waals surface area contributed by atoms with E-state index >= 15 is 0 Å². The Morgan fingerprint density at radius 1 is 0.676 bits per heavy atom. The molecule has 0 unspecified atom stereocenters. The third-order valence-corrected chi connectivity index (χ3v) is 10.1. The van der Waals surface area contributed by atoms with Crippen molar-refractivity contribution < 1.29 is 14.3 Å². The maximum Gasteiger partial charge on any atom is 0.397 e. The monoisotopic (exact) mass is 468 g/mol. The summed E-state index contributed by atoms with van der Waals surface area (Å²) in [6.45, 7) is 1.83. The highest BCUT2D eigenvalue weighted by atomic mass is 31.2. The minimum atomic E-state index is -2.15. The SMILES string of the molecule is CCOC(=O)C(=O)Nc1ccccc1C[P+](c1ccccc1)(c1ccccc1)c1ccccc1. The fraction of sp³-hybridized carbons (Fsp3) is 0.103. The van der Waals surface area contributed by atoms with Crippen molar-refractivity contribution in [2.24, 2.45) is 0 Å². The van der Waals surface area contributed by atoms with Gasteiger partial charge in [-0.2, -0.15) is 0 Å². The summed E-state index contributed by atoms with van der Waals surface area (Å²) < 4.78 is 4.88. The molecule has 4 rings (SSSR count). The van der Waals surface area contributed by atoms with Gasteiger partial charge in [-0.3, -0.25) is 4.79 Å². The van der Waals surface area contributed by atoms with Crippen LogP contribution in [0.2, 0.25) is 0 Å². The van der Waals surface area contributed by atoms with Crippen molar-refractivity contribution in [2.75, 3.05) is 11.9 Å². The normalized spacial score (nSPS) is 11.0. The molecular weight excluding hydrogens is 441 g/mol. The molecule has 0 aliphatic carbocycles. The van der Waals surface area contributed by atoms with E-state index in [-0.39, 0.29) is 6.61 Å². The van der Waals surface area contributed by atoms with Crippen LogP contribution in [0.4, 0.5) is 5.69 Å². The van der Waals surface area contributed by atoms with E-state index in [1.54, 1.807) is 6.92 Å². The summed E-state index contributed by atoms with van der Waals surface area (Å²) in [7, 11) is -2.15. The van der Waals surface area contributed by atoms with E-state index < -0.39 is 19.1 Å². The summed E-state index contributed by atoms with van der Waals surface area (Å²) in [6.07, 6.45) is 0.685. The average molecular weight is 469 g/mol. The zero-order valence-corrected chi connectivity index (χ0v) is 20.0. The van der Waals surface area contributed by atoms with Gasteiger partial charge in [0, 0.05) is 11.3 Å². The van der Waals surface area contributed by atoms with Crippen molar-refractivity contribution in [3.05, 3.63) is 121 Å². The van der Waals surface area contributed by atoms with Gasteiger partial charge in [-0.25, -0.2) is 4.79 Å². The van der Waals surface area contributed by atoms with Crippen LogP contribution >= 0.6 is 7.26 Å². The number of benzene rings is 4. The number of ether oxygens (including phenoxy) is 1. The largest absolute Gasteiger partial charge is 0.459 e. The highest BCUT2D eigenvalue weighted by Crippen LogP contribution is 2.58. The van der Waals surface area contributed by atoms with Crippen LogP contribution in [0.15, 0.2) is 115 Å². The molecule has 0 radical (unpaired) electrons. The smallest absolute Gasteiger partial charge is 0.397 e. The van der Waals surface area contributed by atoms with Gasteiger partial charge in [0.25, 0.3) is 0 Å². The Labute approximate surface area is 200 Å². The lowest BCUT2D eigenvalue weighted by Crippen LogP contribution is -2.33. The third-order valence-electron chi connectivity index (χ3n) is 5.72. The molecule has 0 fully saturated rings. The Hall–Kier alpha value is -3.75. The first kappa shape index (κ1) is 23.4. The van der Waals surface area contributed by atoms with Crippen LogP contribution in [0.1, 0.15) is 12.5 Å². The highest BCUT2D eigenvalue weighted by Gasteiger charge is 2.45. The predicted octanol–water partition coefficient (Wildman–Crippen LogP) is 4.68. The zero-order chi connectivity index (χ0) is 23.8. The summed E-state index contributed by atoms with van der Waals surface area (Å²) in [5.41, 5.74) is 1.58. The van der Waals surface area contributed by atoms with Crippen molar-refractivity contribution >= 4 is 40.7 Å². The van der Waals surface area contributed by atoms with Gasteiger partial charge < -0.3 is 10.1 Å². The number of esters is 1. The highest BCUT2D eigenvalue weighted by molar-refractivity contribution is 7.95. The van der Waals surface area contributed by atoms with Crippen molar-refractivity contribution in [2.45, 2.75) is 13.1 Å². The topological polar surface area (TPSA) is 55.4 Å². The minimum Gasteiger partial charge on any atom is -0.459 e. The molecule has 1 N–H and O–H groups in total. The maximum atomic E-state index is 12.5.